The number of hydrogen-bond acceptors (Lipinski definition) is 3. The third-order valence-corrected chi connectivity index (χ3v) is 1.89. The van der Waals surface area contributed by atoms with Crippen LogP contribution in [0.25, 0.3) is 0 Å². The van der Waals surface area contributed by atoms with Crippen LogP contribution in [0, 0.1) is 0 Å². The zero-order chi connectivity index (χ0) is 10.4. The van der Waals surface area contributed by atoms with Gasteiger partial charge in [-0.05, 0) is 6.54 Å². The van der Waals surface area contributed by atoms with E-state index in [1.165, 1.54) is 0 Å². The molecule has 1 rings (SSSR count). The Hall–Kier alpha value is -1.36. The minimum absolute atomic E-state index is 0.0806. The van der Waals surface area contributed by atoms with Crippen molar-refractivity contribution in [2.45, 2.75) is 6.92 Å². The molecule has 0 aromatic carbocycles. The van der Waals surface area contributed by atoms with Gasteiger partial charge in [0, 0.05) is 20.1 Å². The minimum atomic E-state index is -0.0806. The third kappa shape index (κ3) is 2.85. The predicted molar refractivity (Wildman–Crippen MR) is 54.1 cm³/mol. The number of carbonyl (C=O) groups excluding carboxylic acids is 1. The first-order valence-corrected chi connectivity index (χ1v) is 4.71. The van der Waals surface area contributed by atoms with Crippen LogP contribution in [0.4, 0.5) is 0 Å². The second-order valence-corrected chi connectivity index (χ2v) is 3.00. The smallest absolute Gasteiger partial charge is 0.269 e. The Morgan fingerprint density at radius 2 is 2.36 bits per heavy atom. The molecule has 0 atom stereocenters. The number of amides is 1. The fourth-order valence-corrected chi connectivity index (χ4v) is 1.11. The van der Waals surface area contributed by atoms with Crippen molar-refractivity contribution < 1.29 is 4.79 Å². The van der Waals surface area contributed by atoms with E-state index in [1.807, 2.05) is 6.92 Å². The first-order valence-electron chi connectivity index (χ1n) is 4.71. The summed E-state index contributed by atoms with van der Waals surface area (Å²) in [5, 5.41) is 5.92. The number of carbonyl (C=O) groups is 1. The average molecular weight is 196 g/mol. The Morgan fingerprint density at radius 3 is 2.93 bits per heavy atom. The van der Waals surface area contributed by atoms with E-state index in [9.17, 15) is 4.79 Å². The average Bonchev–Trinajstić information content (AvgIpc) is 2.59. The standard InChI is InChI=1S/C9H16N4O/c1-3-10-4-5-12-9(14)8-6-11-7-13(8)2/h6-7,10H,3-5H2,1-2H3,(H,12,14). The van der Waals surface area contributed by atoms with E-state index in [-0.39, 0.29) is 5.91 Å². The highest BCUT2D eigenvalue weighted by atomic mass is 16.1. The number of imidazole rings is 1. The number of nitrogens with zero attached hydrogens (tertiary/aromatic N) is 2. The van der Waals surface area contributed by atoms with Crippen LogP contribution in [0.3, 0.4) is 0 Å². The molecule has 0 aliphatic heterocycles. The van der Waals surface area contributed by atoms with Gasteiger partial charge in [-0.25, -0.2) is 4.98 Å². The van der Waals surface area contributed by atoms with Gasteiger partial charge in [0.2, 0.25) is 0 Å². The lowest BCUT2D eigenvalue weighted by molar-refractivity contribution is 0.0946. The summed E-state index contributed by atoms with van der Waals surface area (Å²) in [7, 11) is 1.80. The summed E-state index contributed by atoms with van der Waals surface area (Å²) in [5.74, 6) is -0.0806. The number of likely N-dealkylation sites (N-methyl/N-ethyl adjacent to an activating group) is 1. The molecule has 1 aromatic rings. The maximum absolute atomic E-state index is 11.5. The van der Waals surface area contributed by atoms with Crippen LogP contribution in [0.5, 0.6) is 0 Å². The Morgan fingerprint density at radius 1 is 1.57 bits per heavy atom. The molecule has 0 unspecified atom stereocenters. The molecule has 78 valence electrons. The zero-order valence-corrected chi connectivity index (χ0v) is 8.58. The van der Waals surface area contributed by atoms with Gasteiger partial charge in [-0.1, -0.05) is 6.92 Å². The van der Waals surface area contributed by atoms with Gasteiger partial charge in [0.1, 0.15) is 5.69 Å². The molecule has 0 saturated carbocycles. The zero-order valence-electron chi connectivity index (χ0n) is 8.58. The number of hydrogen-bond donors (Lipinski definition) is 2. The van der Waals surface area contributed by atoms with Gasteiger partial charge in [0.25, 0.3) is 5.91 Å². The Balaban J connectivity index is 2.32. The fourth-order valence-electron chi connectivity index (χ4n) is 1.11. The molecule has 0 spiro atoms. The summed E-state index contributed by atoms with van der Waals surface area (Å²) >= 11 is 0. The quantitative estimate of drug-likeness (QED) is 0.639. The van der Waals surface area contributed by atoms with Gasteiger partial charge in [-0.3, -0.25) is 4.79 Å². The largest absolute Gasteiger partial charge is 0.349 e. The maximum atomic E-state index is 11.5. The van der Waals surface area contributed by atoms with E-state index >= 15 is 0 Å². The second-order valence-electron chi connectivity index (χ2n) is 3.00. The molecule has 2 N–H and O–H groups in total. The molecule has 1 aromatic heterocycles. The lowest BCUT2D eigenvalue weighted by atomic mass is 10.4. The summed E-state index contributed by atoms with van der Waals surface area (Å²) in [4.78, 5) is 15.4. The van der Waals surface area contributed by atoms with Crippen molar-refractivity contribution in [2.24, 2.45) is 7.05 Å². The molecule has 0 bridgehead atoms. The molecule has 1 heterocycles. The van der Waals surface area contributed by atoms with E-state index in [0.717, 1.165) is 13.1 Å². The summed E-state index contributed by atoms with van der Waals surface area (Å²) < 4.78 is 1.70. The molecule has 5 nitrogen and oxygen atoms in total. The van der Waals surface area contributed by atoms with Crippen LogP contribution < -0.4 is 10.6 Å². The topological polar surface area (TPSA) is 58.9 Å². The van der Waals surface area contributed by atoms with Crippen LogP contribution >= 0.6 is 0 Å². The van der Waals surface area contributed by atoms with Gasteiger partial charge in [-0.15, -0.1) is 0 Å². The van der Waals surface area contributed by atoms with Crippen LogP contribution in [0.1, 0.15) is 17.4 Å². The second kappa shape index (κ2) is 5.39. The third-order valence-electron chi connectivity index (χ3n) is 1.89. The van der Waals surface area contributed by atoms with Crippen molar-refractivity contribution in [3.05, 3.63) is 18.2 Å². The predicted octanol–water partition coefficient (Wildman–Crippen LogP) is -0.241. The maximum Gasteiger partial charge on any atom is 0.269 e. The van der Waals surface area contributed by atoms with Gasteiger partial charge in [0.05, 0.1) is 12.5 Å². The minimum Gasteiger partial charge on any atom is -0.349 e. The van der Waals surface area contributed by atoms with Crippen molar-refractivity contribution in [1.82, 2.24) is 20.2 Å². The van der Waals surface area contributed by atoms with E-state index in [0.29, 0.717) is 12.2 Å². The molecule has 0 aliphatic rings. The summed E-state index contributed by atoms with van der Waals surface area (Å²) in [6.07, 6.45) is 3.17. The van der Waals surface area contributed by atoms with Gasteiger partial charge in [0.15, 0.2) is 0 Å². The number of aromatic nitrogens is 2. The first kappa shape index (κ1) is 10.7. The Bertz CT molecular complexity index is 295. The van der Waals surface area contributed by atoms with E-state index in [2.05, 4.69) is 15.6 Å². The van der Waals surface area contributed by atoms with Crippen LogP contribution in [-0.4, -0.2) is 35.1 Å². The van der Waals surface area contributed by atoms with Gasteiger partial charge in [-0.2, -0.15) is 0 Å². The summed E-state index contributed by atoms with van der Waals surface area (Å²) in [6, 6.07) is 0. The molecule has 1 amide bonds. The van der Waals surface area contributed by atoms with Crippen molar-refractivity contribution >= 4 is 5.91 Å². The molecule has 0 fully saturated rings. The summed E-state index contributed by atoms with van der Waals surface area (Å²) in [5.41, 5.74) is 0.585. The van der Waals surface area contributed by atoms with Crippen molar-refractivity contribution in [3.8, 4) is 0 Å². The highest BCUT2D eigenvalue weighted by molar-refractivity contribution is 5.92. The summed E-state index contributed by atoms with van der Waals surface area (Å²) in [6.45, 7) is 4.38. The molecule has 0 aliphatic carbocycles. The number of rotatable bonds is 5. The number of aryl methyl sites for hydroxylation is 1. The molecular weight excluding hydrogens is 180 g/mol. The fraction of sp³-hybridized carbons (Fsp3) is 0.556. The first-order chi connectivity index (χ1) is 6.75. The van der Waals surface area contributed by atoms with E-state index < -0.39 is 0 Å². The Kier molecular flexibility index (Phi) is 4.12. The van der Waals surface area contributed by atoms with E-state index in [1.54, 1.807) is 24.1 Å². The van der Waals surface area contributed by atoms with E-state index in [4.69, 9.17) is 0 Å². The normalized spacial score (nSPS) is 10.1. The molecule has 0 saturated heterocycles. The lowest BCUT2D eigenvalue weighted by Crippen LogP contribution is -2.32. The molecule has 0 radical (unpaired) electrons. The van der Waals surface area contributed by atoms with Gasteiger partial charge < -0.3 is 15.2 Å². The highest BCUT2D eigenvalue weighted by Gasteiger charge is 2.07. The SMILES string of the molecule is CCNCCNC(=O)c1cncn1C. The van der Waals surface area contributed by atoms with Crippen LogP contribution in [0.2, 0.25) is 0 Å². The monoisotopic (exact) mass is 196 g/mol. The lowest BCUT2D eigenvalue weighted by Gasteiger charge is -2.05. The van der Waals surface area contributed by atoms with Crippen molar-refractivity contribution in [3.63, 3.8) is 0 Å². The van der Waals surface area contributed by atoms with Crippen molar-refractivity contribution in [2.75, 3.05) is 19.6 Å². The Labute approximate surface area is 83.5 Å². The van der Waals surface area contributed by atoms with Crippen LogP contribution in [-0.2, 0) is 7.05 Å². The highest BCUT2D eigenvalue weighted by Crippen LogP contribution is 1.94. The molecular formula is C9H16N4O. The van der Waals surface area contributed by atoms with Crippen LogP contribution in [0.15, 0.2) is 12.5 Å². The van der Waals surface area contributed by atoms with Crippen molar-refractivity contribution in [1.29, 1.82) is 0 Å². The molecule has 5 heteroatoms. The number of nitrogens with one attached hydrogen (secondary N) is 2. The molecule has 14 heavy (non-hydrogen) atoms. The van der Waals surface area contributed by atoms with Gasteiger partial charge >= 0.3 is 0 Å².